The van der Waals surface area contributed by atoms with E-state index in [1.807, 2.05) is 85.9 Å². The fraction of sp³-hybridized carbons (Fsp3) is 0.390. The molecule has 3 aromatic carbocycles. The van der Waals surface area contributed by atoms with Crippen LogP contribution in [0.25, 0.3) is 11.0 Å². The van der Waals surface area contributed by atoms with E-state index in [4.69, 9.17) is 15.3 Å². The number of aromatic nitrogens is 4. The maximum atomic E-state index is 12.1. The summed E-state index contributed by atoms with van der Waals surface area (Å²) in [7, 11) is 3.73. The van der Waals surface area contributed by atoms with E-state index in [0.29, 0.717) is 48.4 Å². The maximum Gasteiger partial charge on any atom is 0.335 e. The van der Waals surface area contributed by atoms with Crippen LogP contribution in [0.1, 0.15) is 73.8 Å². The number of anilines is 1. The molecule has 0 bridgehead atoms. The van der Waals surface area contributed by atoms with Gasteiger partial charge in [-0.15, -0.1) is 5.10 Å². The van der Waals surface area contributed by atoms with Crippen LogP contribution in [0, 0.1) is 0 Å². The van der Waals surface area contributed by atoms with Crippen LogP contribution in [0.3, 0.4) is 0 Å². The number of fused-ring (bicyclic) bond motifs is 1. The molecular weight excluding hydrogens is 731 g/mol. The number of unbranched alkanes of at least 4 members (excludes halogenated alkanes) is 5. The lowest BCUT2D eigenvalue weighted by Crippen LogP contribution is -2.26. The predicted octanol–water partition coefficient (Wildman–Crippen LogP) is 7.35. The lowest BCUT2D eigenvalue weighted by molar-refractivity contribution is -0.145. The van der Waals surface area contributed by atoms with Crippen LogP contribution in [0.4, 0.5) is 17.1 Å². The largest absolute Gasteiger partial charge is 0.465 e. The molecule has 0 saturated heterocycles. The van der Waals surface area contributed by atoms with Gasteiger partial charge in [-0.25, -0.2) is 4.79 Å². The first-order valence-electron chi connectivity index (χ1n) is 19.0. The van der Waals surface area contributed by atoms with Crippen LogP contribution >= 0.6 is 11.8 Å². The topological polar surface area (TPSA) is 180 Å². The zero-order chi connectivity index (χ0) is 39.8. The molecule has 0 fully saturated rings. The Balaban J connectivity index is 0.000000293. The molecule has 0 saturated carbocycles. The van der Waals surface area contributed by atoms with Gasteiger partial charge in [0.25, 0.3) is 5.91 Å². The number of azo groups is 1. The van der Waals surface area contributed by atoms with Crippen molar-refractivity contribution in [3.63, 3.8) is 0 Å². The third kappa shape index (κ3) is 16.1. The molecule has 1 amide bonds. The Kier molecular flexibility index (Phi) is 19.1. The Morgan fingerprint density at radius 3 is 2.20 bits per heavy atom. The molecule has 4 N–H and O–H groups in total. The molecule has 0 atom stereocenters. The zero-order valence-corrected chi connectivity index (χ0v) is 33.1. The fourth-order valence-electron chi connectivity index (χ4n) is 5.41. The standard InChI is InChI=1S/C27H33N5O3S.C14H20N4O2/c1-32-19-22(28)18-25(32)27(34)29-15-7-3-6-10-26(33)35-16-17-36-20-21-11-13-24(14-12-21)31-30-23-8-4-2-5-9-23;1-15-11-7-3-2-4-10-14(19)20-18-13-9-6-5-8-12(13)16-17-18/h2,4-5,8-9,11-14,18-19H,3,6-7,10,15-17,20,28H2,1H3,(H,29,34);5-6,8-9,15H,2-4,7,10-11H2,1H3. The molecule has 0 aliphatic rings. The molecule has 298 valence electrons. The van der Waals surface area contributed by atoms with Gasteiger partial charge in [0.2, 0.25) is 0 Å². The van der Waals surface area contributed by atoms with E-state index in [1.54, 1.807) is 35.6 Å². The van der Waals surface area contributed by atoms with Gasteiger partial charge in [0, 0.05) is 44.1 Å². The van der Waals surface area contributed by atoms with E-state index >= 15 is 0 Å². The maximum absolute atomic E-state index is 12.1. The summed E-state index contributed by atoms with van der Waals surface area (Å²) < 4.78 is 7.02. The number of para-hydroxylation sites is 1. The van der Waals surface area contributed by atoms with E-state index in [9.17, 15) is 14.4 Å². The molecular formula is C41H53N9O5S. The summed E-state index contributed by atoms with van der Waals surface area (Å²) in [6.07, 6.45) is 9.05. The lowest BCUT2D eigenvalue weighted by atomic mass is 10.1. The Bertz CT molecular complexity index is 1950. The van der Waals surface area contributed by atoms with Crippen molar-refractivity contribution < 1.29 is 24.0 Å². The first kappa shape index (κ1) is 43.2. The molecule has 5 rings (SSSR count). The number of nitrogen functional groups attached to an aromatic ring is 1. The molecule has 2 heterocycles. The molecule has 0 aliphatic heterocycles. The molecule has 5 aromatic rings. The van der Waals surface area contributed by atoms with Gasteiger partial charge in [0.15, 0.2) is 0 Å². The number of ether oxygens (including phenoxy) is 1. The van der Waals surface area contributed by atoms with Crippen molar-refractivity contribution in [1.82, 2.24) is 30.4 Å². The van der Waals surface area contributed by atoms with Crippen LogP contribution in [0.5, 0.6) is 0 Å². The predicted molar refractivity (Wildman–Crippen MR) is 221 cm³/mol. The number of rotatable bonds is 22. The van der Waals surface area contributed by atoms with Gasteiger partial charge in [0.1, 0.15) is 23.3 Å². The molecule has 56 heavy (non-hydrogen) atoms. The van der Waals surface area contributed by atoms with Crippen LogP contribution in [0.15, 0.2) is 101 Å². The molecule has 0 radical (unpaired) electrons. The number of carbonyl (C=O) groups is 3. The van der Waals surface area contributed by atoms with E-state index < -0.39 is 0 Å². The first-order chi connectivity index (χ1) is 27.3. The SMILES string of the molecule is CNCCCCCCC(=O)On1nnc2ccccc21.Cn1cc(N)cc1C(=O)NCCCCCC(=O)OCCSCc1ccc(N=Nc2ccccc2)cc1. The van der Waals surface area contributed by atoms with Crippen molar-refractivity contribution >= 4 is 57.7 Å². The van der Waals surface area contributed by atoms with E-state index in [2.05, 4.69) is 31.2 Å². The highest BCUT2D eigenvalue weighted by Gasteiger charge is 2.11. The number of nitrogens with zero attached hydrogens (tertiary/aromatic N) is 6. The summed E-state index contributed by atoms with van der Waals surface area (Å²) in [4.78, 5) is 42.1. The van der Waals surface area contributed by atoms with Crippen molar-refractivity contribution in [2.75, 3.05) is 38.2 Å². The van der Waals surface area contributed by atoms with Crippen LogP contribution in [-0.2, 0) is 27.1 Å². The summed E-state index contributed by atoms with van der Waals surface area (Å²) in [6.45, 7) is 1.99. The quantitative estimate of drug-likeness (QED) is 0.0278. The highest BCUT2D eigenvalue weighted by Crippen LogP contribution is 2.20. The fourth-order valence-corrected chi connectivity index (χ4v) is 6.18. The number of esters is 1. The smallest absolute Gasteiger partial charge is 0.335 e. The number of aryl methyl sites for hydroxylation is 1. The van der Waals surface area contributed by atoms with Gasteiger partial charge >= 0.3 is 11.9 Å². The number of amides is 1. The van der Waals surface area contributed by atoms with Gasteiger partial charge in [-0.3, -0.25) is 9.59 Å². The Hall–Kier alpha value is -5.54. The summed E-state index contributed by atoms with van der Waals surface area (Å²) in [5.41, 5.74) is 11.0. The Morgan fingerprint density at radius 1 is 0.804 bits per heavy atom. The van der Waals surface area contributed by atoms with Crippen LogP contribution in [-0.4, -0.2) is 70.1 Å². The van der Waals surface area contributed by atoms with Gasteiger partial charge in [-0.2, -0.15) is 22.0 Å². The van der Waals surface area contributed by atoms with Gasteiger partial charge in [0.05, 0.1) is 17.1 Å². The lowest BCUT2D eigenvalue weighted by Gasteiger charge is -2.07. The Labute approximate surface area is 332 Å². The van der Waals surface area contributed by atoms with Crippen molar-refractivity contribution in [2.45, 2.75) is 63.5 Å². The highest BCUT2D eigenvalue weighted by atomic mass is 32.2. The number of hydrogen-bond donors (Lipinski definition) is 3. The molecule has 14 nitrogen and oxygen atoms in total. The number of nitrogens with one attached hydrogen (secondary N) is 2. The van der Waals surface area contributed by atoms with Gasteiger partial charge in [-0.1, -0.05) is 66.6 Å². The second-order valence-electron chi connectivity index (χ2n) is 13.0. The average Bonchev–Trinajstić information content (AvgIpc) is 3.78. The number of carbonyl (C=O) groups excluding carboxylic acids is 3. The van der Waals surface area contributed by atoms with Crippen molar-refractivity contribution in [3.05, 3.63) is 102 Å². The van der Waals surface area contributed by atoms with E-state index in [1.165, 1.54) is 10.4 Å². The van der Waals surface area contributed by atoms with E-state index in [-0.39, 0.29) is 17.8 Å². The summed E-state index contributed by atoms with van der Waals surface area (Å²) >= 11 is 1.72. The molecule has 0 unspecified atom stereocenters. The van der Waals surface area contributed by atoms with Crippen molar-refractivity contribution in [3.8, 4) is 0 Å². The van der Waals surface area contributed by atoms with Crippen LogP contribution < -0.4 is 21.2 Å². The summed E-state index contributed by atoms with van der Waals surface area (Å²) in [6, 6.07) is 26.6. The van der Waals surface area contributed by atoms with Crippen molar-refractivity contribution in [1.29, 1.82) is 0 Å². The normalized spacial score (nSPS) is 11.0. The van der Waals surface area contributed by atoms with Gasteiger partial charge < -0.3 is 30.5 Å². The molecule has 15 heteroatoms. The van der Waals surface area contributed by atoms with Crippen LogP contribution in [0.2, 0.25) is 0 Å². The number of benzene rings is 3. The second kappa shape index (κ2) is 24.8. The zero-order valence-electron chi connectivity index (χ0n) is 32.3. The summed E-state index contributed by atoms with van der Waals surface area (Å²) in [5, 5.41) is 22.2. The minimum Gasteiger partial charge on any atom is -0.465 e. The second-order valence-corrected chi connectivity index (χ2v) is 14.1. The third-order valence-electron chi connectivity index (χ3n) is 8.40. The minimum atomic E-state index is -0.269. The minimum absolute atomic E-state index is 0.143. The number of thioether (sulfide) groups is 1. The monoisotopic (exact) mass is 783 g/mol. The Morgan fingerprint density at radius 2 is 1.46 bits per heavy atom. The number of hydrogen-bond acceptors (Lipinski definition) is 12. The summed E-state index contributed by atoms with van der Waals surface area (Å²) in [5.74, 6) is 1.00. The molecule has 2 aromatic heterocycles. The van der Waals surface area contributed by atoms with Crippen molar-refractivity contribution in [2.24, 2.45) is 17.3 Å². The van der Waals surface area contributed by atoms with Gasteiger partial charge in [-0.05, 0) is 92.5 Å². The molecule has 0 spiro atoms. The first-order valence-corrected chi connectivity index (χ1v) is 20.1. The molecule has 0 aliphatic carbocycles. The van der Waals surface area contributed by atoms with E-state index in [0.717, 1.165) is 74.4 Å². The highest BCUT2D eigenvalue weighted by molar-refractivity contribution is 7.98. The average molecular weight is 784 g/mol. The third-order valence-corrected chi connectivity index (χ3v) is 9.40. The number of nitrogens with two attached hydrogens (primary N) is 1.